The van der Waals surface area contributed by atoms with Crippen molar-refractivity contribution in [1.82, 2.24) is 14.3 Å². The Hall–Kier alpha value is -0.870. The van der Waals surface area contributed by atoms with Gasteiger partial charge in [-0.1, -0.05) is 0 Å². The average molecular weight is 268 g/mol. The third kappa shape index (κ3) is 2.06. The molecular weight excluding hydrogens is 254 g/mol. The minimum Gasteiger partial charge on any atom is -0.304 e. The van der Waals surface area contributed by atoms with Crippen LogP contribution < -0.4 is 0 Å². The molecule has 0 amide bonds. The number of halogens is 1. The van der Waals surface area contributed by atoms with Crippen molar-refractivity contribution >= 4 is 21.6 Å². The maximum Gasteiger partial charge on any atom is 0.139 e. The molecule has 0 saturated heterocycles. The van der Waals surface area contributed by atoms with Crippen LogP contribution in [0.15, 0.2) is 22.9 Å². The first-order chi connectivity index (χ1) is 7.08. The van der Waals surface area contributed by atoms with E-state index in [2.05, 4.69) is 63.5 Å². The Morgan fingerprint density at radius 2 is 2.20 bits per heavy atom. The fourth-order valence-electron chi connectivity index (χ4n) is 1.70. The molecule has 2 aromatic rings. The van der Waals surface area contributed by atoms with Gasteiger partial charge in [-0.2, -0.15) is 0 Å². The number of aryl methyl sites for hydroxylation is 1. The predicted molar refractivity (Wildman–Crippen MR) is 65.0 cm³/mol. The maximum atomic E-state index is 4.43. The van der Waals surface area contributed by atoms with Gasteiger partial charge >= 0.3 is 0 Å². The monoisotopic (exact) mass is 267 g/mol. The van der Waals surface area contributed by atoms with Gasteiger partial charge in [-0.25, -0.2) is 4.98 Å². The molecule has 4 heteroatoms. The molecule has 0 aromatic carbocycles. The van der Waals surface area contributed by atoms with Crippen molar-refractivity contribution in [3.05, 3.63) is 34.2 Å². The zero-order chi connectivity index (χ0) is 11.0. The minimum atomic E-state index is 0.900. The van der Waals surface area contributed by atoms with Crippen LogP contribution in [0.3, 0.4) is 0 Å². The summed E-state index contributed by atoms with van der Waals surface area (Å²) in [6.45, 7) is 2.98. The standard InChI is InChI=1S/C11H14BrN3/c1-8-4-9(12)6-15-10(7-14(2)3)5-13-11(8)15/h4-6H,7H2,1-3H3. The van der Waals surface area contributed by atoms with Gasteiger partial charge < -0.3 is 9.30 Å². The molecule has 0 aliphatic heterocycles. The Bertz CT molecular complexity index is 488. The third-order valence-electron chi connectivity index (χ3n) is 2.31. The Balaban J connectivity index is 2.58. The molecule has 3 nitrogen and oxygen atoms in total. The third-order valence-corrected chi connectivity index (χ3v) is 2.74. The molecule has 80 valence electrons. The molecule has 0 aliphatic carbocycles. The Kier molecular flexibility index (Phi) is 2.80. The highest BCUT2D eigenvalue weighted by atomic mass is 79.9. The summed E-state index contributed by atoms with van der Waals surface area (Å²) in [5, 5.41) is 0. The highest BCUT2D eigenvalue weighted by molar-refractivity contribution is 9.10. The number of pyridine rings is 1. The number of rotatable bonds is 2. The van der Waals surface area contributed by atoms with Gasteiger partial charge in [0.1, 0.15) is 5.65 Å². The summed E-state index contributed by atoms with van der Waals surface area (Å²) < 4.78 is 3.23. The lowest BCUT2D eigenvalue weighted by Gasteiger charge is -2.09. The van der Waals surface area contributed by atoms with E-state index in [4.69, 9.17) is 0 Å². The Labute approximate surface area is 97.9 Å². The van der Waals surface area contributed by atoms with Crippen LogP contribution in [0.4, 0.5) is 0 Å². The summed E-state index contributed by atoms with van der Waals surface area (Å²) in [5.41, 5.74) is 3.43. The topological polar surface area (TPSA) is 20.5 Å². The first kappa shape index (κ1) is 10.6. The van der Waals surface area contributed by atoms with E-state index in [1.807, 2.05) is 6.20 Å². The molecule has 2 aromatic heterocycles. The van der Waals surface area contributed by atoms with E-state index in [0.717, 1.165) is 16.7 Å². The van der Waals surface area contributed by atoms with E-state index in [1.54, 1.807) is 0 Å². The molecule has 0 saturated carbocycles. The van der Waals surface area contributed by atoms with Crippen molar-refractivity contribution in [3.8, 4) is 0 Å². The first-order valence-electron chi connectivity index (χ1n) is 4.85. The van der Waals surface area contributed by atoms with Crippen LogP contribution in [0.2, 0.25) is 0 Å². The predicted octanol–water partition coefficient (Wildman–Crippen LogP) is 2.47. The summed E-state index contributed by atoms with van der Waals surface area (Å²) in [7, 11) is 4.12. The fraction of sp³-hybridized carbons (Fsp3) is 0.364. The number of aromatic nitrogens is 2. The van der Waals surface area contributed by atoms with Crippen LogP contribution in [-0.4, -0.2) is 28.4 Å². The quantitative estimate of drug-likeness (QED) is 0.834. The highest BCUT2D eigenvalue weighted by Crippen LogP contribution is 2.18. The molecule has 0 radical (unpaired) electrons. The van der Waals surface area contributed by atoms with Gasteiger partial charge in [0.15, 0.2) is 0 Å². The average Bonchev–Trinajstić information content (AvgIpc) is 2.48. The van der Waals surface area contributed by atoms with Gasteiger partial charge in [-0.15, -0.1) is 0 Å². The van der Waals surface area contributed by atoms with E-state index in [-0.39, 0.29) is 0 Å². The molecule has 0 N–H and O–H groups in total. The van der Waals surface area contributed by atoms with Crippen molar-refractivity contribution < 1.29 is 0 Å². The van der Waals surface area contributed by atoms with Crippen LogP contribution in [-0.2, 0) is 6.54 Å². The molecule has 0 bridgehead atoms. The lowest BCUT2D eigenvalue weighted by molar-refractivity contribution is 0.395. The molecule has 0 atom stereocenters. The summed E-state index contributed by atoms with van der Waals surface area (Å²) in [6.07, 6.45) is 4.00. The van der Waals surface area contributed by atoms with Crippen molar-refractivity contribution in [2.24, 2.45) is 0 Å². The molecule has 0 fully saturated rings. The zero-order valence-corrected chi connectivity index (χ0v) is 10.7. The van der Waals surface area contributed by atoms with Crippen LogP contribution in [0.25, 0.3) is 5.65 Å². The van der Waals surface area contributed by atoms with Crippen LogP contribution >= 0.6 is 15.9 Å². The molecule has 2 rings (SSSR count). The Morgan fingerprint density at radius 1 is 1.47 bits per heavy atom. The SMILES string of the molecule is Cc1cc(Br)cn2c(CN(C)C)cnc12. The van der Waals surface area contributed by atoms with Gasteiger partial charge in [0.25, 0.3) is 0 Å². The Morgan fingerprint density at radius 3 is 2.87 bits per heavy atom. The number of imidazole rings is 1. The summed E-state index contributed by atoms with van der Waals surface area (Å²) in [4.78, 5) is 6.57. The van der Waals surface area contributed by atoms with E-state index in [1.165, 1.54) is 11.3 Å². The molecule has 0 aliphatic rings. The summed E-state index contributed by atoms with van der Waals surface area (Å²) in [5.74, 6) is 0. The number of hydrogen-bond donors (Lipinski definition) is 0. The van der Waals surface area contributed by atoms with Gasteiger partial charge in [-0.05, 0) is 48.6 Å². The van der Waals surface area contributed by atoms with E-state index in [9.17, 15) is 0 Å². The number of fused-ring (bicyclic) bond motifs is 1. The number of nitrogens with zero attached hydrogens (tertiary/aromatic N) is 3. The second kappa shape index (κ2) is 3.94. The minimum absolute atomic E-state index is 0.900. The normalized spacial score (nSPS) is 11.5. The van der Waals surface area contributed by atoms with Gasteiger partial charge in [0.2, 0.25) is 0 Å². The van der Waals surface area contributed by atoms with Crippen LogP contribution in [0.1, 0.15) is 11.3 Å². The van der Waals surface area contributed by atoms with E-state index < -0.39 is 0 Å². The van der Waals surface area contributed by atoms with Gasteiger partial charge in [0.05, 0.1) is 11.9 Å². The van der Waals surface area contributed by atoms with Crippen molar-refractivity contribution in [2.45, 2.75) is 13.5 Å². The maximum absolute atomic E-state index is 4.43. The van der Waals surface area contributed by atoms with Crippen molar-refractivity contribution in [2.75, 3.05) is 14.1 Å². The van der Waals surface area contributed by atoms with Crippen LogP contribution in [0.5, 0.6) is 0 Å². The molecule has 15 heavy (non-hydrogen) atoms. The van der Waals surface area contributed by atoms with Gasteiger partial charge in [0, 0.05) is 17.2 Å². The molecule has 2 heterocycles. The van der Waals surface area contributed by atoms with E-state index in [0.29, 0.717) is 0 Å². The van der Waals surface area contributed by atoms with Gasteiger partial charge in [-0.3, -0.25) is 0 Å². The first-order valence-corrected chi connectivity index (χ1v) is 5.64. The molecule has 0 unspecified atom stereocenters. The number of hydrogen-bond acceptors (Lipinski definition) is 2. The summed E-state index contributed by atoms with van der Waals surface area (Å²) in [6, 6.07) is 2.09. The fourth-order valence-corrected chi connectivity index (χ4v) is 2.25. The van der Waals surface area contributed by atoms with Crippen LogP contribution in [0, 0.1) is 6.92 Å². The smallest absolute Gasteiger partial charge is 0.139 e. The lowest BCUT2D eigenvalue weighted by Crippen LogP contribution is -2.12. The summed E-state index contributed by atoms with van der Waals surface area (Å²) >= 11 is 3.51. The van der Waals surface area contributed by atoms with E-state index >= 15 is 0 Å². The second-order valence-electron chi connectivity index (χ2n) is 4.02. The van der Waals surface area contributed by atoms with Crippen molar-refractivity contribution in [3.63, 3.8) is 0 Å². The zero-order valence-electron chi connectivity index (χ0n) is 9.16. The lowest BCUT2D eigenvalue weighted by atomic mass is 10.3. The van der Waals surface area contributed by atoms with Crippen molar-refractivity contribution in [1.29, 1.82) is 0 Å². The molecule has 0 spiro atoms. The largest absolute Gasteiger partial charge is 0.304 e. The molecular formula is C11H14BrN3. The second-order valence-corrected chi connectivity index (χ2v) is 4.94. The highest BCUT2D eigenvalue weighted by Gasteiger charge is 2.06.